The number of aryl methyl sites for hydroxylation is 1. The van der Waals surface area contributed by atoms with Gasteiger partial charge < -0.3 is 9.09 Å². The molecule has 7 heteroatoms. The van der Waals surface area contributed by atoms with E-state index in [9.17, 15) is 4.39 Å². The maximum absolute atomic E-state index is 13.2. The van der Waals surface area contributed by atoms with Crippen molar-refractivity contribution in [3.05, 3.63) is 76.6 Å². The highest BCUT2D eigenvalue weighted by atomic mass is 35.5. The van der Waals surface area contributed by atoms with Crippen molar-refractivity contribution < 1.29 is 8.91 Å². The summed E-state index contributed by atoms with van der Waals surface area (Å²) in [6.45, 7) is 1.81. The molecule has 2 aromatic carbocycles. The zero-order valence-electron chi connectivity index (χ0n) is 13.6. The van der Waals surface area contributed by atoms with Crippen molar-refractivity contribution >= 4 is 23.2 Å². The van der Waals surface area contributed by atoms with Gasteiger partial charge in [0.2, 0.25) is 0 Å². The lowest BCUT2D eigenvalue weighted by Gasteiger charge is -2.03. The Hall–Kier alpha value is -2.63. The van der Waals surface area contributed by atoms with E-state index in [4.69, 9.17) is 27.7 Å². The molecule has 0 spiro atoms. The number of rotatable bonds is 3. The highest BCUT2D eigenvalue weighted by Crippen LogP contribution is 2.34. The normalized spacial score (nSPS) is 11.1. The average molecular weight is 388 g/mol. The second-order valence-corrected chi connectivity index (χ2v) is 6.64. The van der Waals surface area contributed by atoms with Gasteiger partial charge in [0.05, 0.1) is 17.6 Å². The smallest absolute Gasteiger partial charge is 0.143 e. The number of halogens is 3. The van der Waals surface area contributed by atoms with E-state index in [2.05, 4.69) is 10.1 Å². The molecule has 0 saturated heterocycles. The molecule has 4 nitrogen and oxygen atoms in total. The molecule has 0 radical (unpaired) electrons. The fraction of sp³-hybridized carbons (Fsp3) is 0.0526. The van der Waals surface area contributed by atoms with Crippen LogP contribution in [0.3, 0.4) is 0 Å². The van der Waals surface area contributed by atoms with Crippen molar-refractivity contribution in [1.82, 2.24) is 14.7 Å². The van der Waals surface area contributed by atoms with E-state index in [1.54, 1.807) is 36.7 Å². The van der Waals surface area contributed by atoms with Crippen molar-refractivity contribution in [1.29, 1.82) is 0 Å². The molecule has 0 amide bonds. The molecular formula is C19H12Cl2FN3O. The van der Waals surface area contributed by atoms with E-state index in [1.807, 2.05) is 17.7 Å². The number of aromatic nitrogens is 3. The maximum atomic E-state index is 13.2. The Morgan fingerprint density at radius 1 is 1.04 bits per heavy atom. The minimum Gasteiger partial charge on any atom is -0.360 e. The van der Waals surface area contributed by atoms with Crippen LogP contribution in [-0.4, -0.2) is 14.7 Å². The first kappa shape index (κ1) is 16.8. The highest BCUT2D eigenvalue weighted by Gasteiger charge is 2.19. The molecule has 0 aliphatic rings. The van der Waals surface area contributed by atoms with Gasteiger partial charge in [0.1, 0.15) is 17.3 Å². The van der Waals surface area contributed by atoms with E-state index in [1.165, 1.54) is 12.1 Å². The molecule has 0 unspecified atom stereocenters. The third-order valence-corrected chi connectivity index (χ3v) is 4.40. The first-order chi connectivity index (χ1) is 12.5. The lowest BCUT2D eigenvalue weighted by Crippen LogP contribution is -1.89. The van der Waals surface area contributed by atoms with Crippen molar-refractivity contribution in [2.45, 2.75) is 6.92 Å². The van der Waals surface area contributed by atoms with E-state index in [-0.39, 0.29) is 5.82 Å². The second-order valence-electron chi connectivity index (χ2n) is 5.76. The molecule has 4 aromatic rings. The van der Waals surface area contributed by atoms with Gasteiger partial charge in [-0.2, -0.15) is 0 Å². The van der Waals surface area contributed by atoms with Gasteiger partial charge in [-0.3, -0.25) is 0 Å². The topological polar surface area (TPSA) is 43.9 Å². The summed E-state index contributed by atoms with van der Waals surface area (Å²) < 4.78 is 20.4. The molecule has 0 fully saturated rings. The van der Waals surface area contributed by atoms with Gasteiger partial charge in [-0.1, -0.05) is 28.4 Å². The Labute approximate surface area is 158 Å². The summed E-state index contributed by atoms with van der Waals surface area (Å²) >= 11 is 12.2. The van der Waals surface area contributed by atoms with E-state index < -0.39 is 0 Å². The zero-order valence-corrected chi connectivity index (χ0v) is 15.1. The van der Waals surface area contributed by atoms with Crippen LogP contribution >= 0.6 is 23.2 Å². The minimum absolute atomic E-state index is 0.308. The molecule has 130 valence electrons. The zero-order chi connectivity index (χ0) is 18.3. The van der Waals surface area contributed by atoms with E-state index >= 15 is 0 Å². The van der Waals surface area contributed by atoms with Gasteiger partial charge in [-0.15, -0.1) is 0 Å². The SMILES string of the molecule is Cc1onc(-c2ccc(F)cc2)c1-c1cn(-c2cc(Cl)cc(Cl)c2)cn1. The third-order valence-electron chi connectivity index (χ3n) is 3.96. The number of hydrogen-bond acceptors (Lipinski definition) is 3. The van der Waals surface area contributed by atoms with E-state index in [0.717, 1.165) is 16.8 Å². The maximum Gasteiger partial charge on any atom is 0.143 e. The largest absolute Gasteiger partial charge is 0.360 e. The number of nitrogens with zero attached hydrogens (tertiary/aromatic N) is 3. The van der Waals surface area contributed by atoms with Crippen LogP contribution in [-0.2, 0) is 0 Å². The summed E-state index contributed by atoms with van der Waals surface area (Å²) in [7, 11) is 0. The van der Waals surface area contributed by atoms with Gasteiger partial charge in [-0.25, -0.2) is 9.37 Å². The Kier molecular flexibility index (Phi) is 4.26. The molecule has 0 bridgehead atoms. The first-order valence-corrected chi connectivity index (χ1v) is 8.50. The van der Waals surface area contributed by atoms with Crippen molar-refractivity contribution in [3.8, 4) is 28.2 Å². The predicted octanol–water partition coefficient (Wildman–Crippen LogP) is 5.95. The summed E-state index contributed by atoms with van der Waals surface area (Å²) in [6, 6.07) is 11.3. The molecule has 26 heavy (non-hydrogen) atoms. The molecule has 2 aromatic heterocycles. The highest BCUT2D eigenvalue weighted by molar-refractivity contribution is 6.34. The van der Waals surface area contributed by atoms with Gasteiger partial charge >= 0.3 is 0 Å². The van der Waals surface area contributed by atoms with Crippen LogP contribution in [0.1, 0.15) is 5.76 Å². The summed E-state index contributed by atoms with van der Waals surface area (Å²) in [5.74, 6) is 0.316. The minimum atomic E-state index is -0.308. The van der Waals surface area contributed by atoms with Crippen LogP contribution < -0.4 is 0 Å². The standard InChI is InChI=1S/C19H12Cl2FN3O/c1-11-18(19(24-26-11)12-2-4-15(22)5-3-12)17-9-25(10-23-17)16-7-13(20)6-14(21)8-16/h2-10H,1H3. The van der Waals surface area contributed by atoms with Gasteiger partial charge in [0.25, 0.3) is 0 Å². The fourth-order valence-electron chi connectivity index (χ4n) is 2.76. The molecule has 4 rings (SSSR count). The summed E-state index contributed by atoms with van der Waals surface area (Å²) in [5, 5.41) is 5.19. The van der Waals surface area contributed by atoms with Gasteiger partial charge in [0.15, 0.2) is 0 Å². The molecule has 2 heterocycles. The molecule has 0 saturated carbocycles. The van der Waals surface area contributed by atoms with Crippen molar-refractivity contribution in [2.75, 3.05) is 0 Å². The summed E-state index contributed by atoms with van der Waals surface area (Å²) in [5.41, 5.74) is 3.58. The second kappa shape index (κ2) is 6.59. The summed E-state index contributed by atoms with van der Waals surface area (Å²) in [4.78, 5) is 4.46. The monoisotopic (exact) mass is 387 g/mol. The fourth-order valence-corrected chi connectivity index (χ4v) is 3.27. The Balaban J connectivity index is 1.79. The molecule has 0 aliphatic heterocycles. The van der Waals surface area contributed by atoms with Crippen LogP contribution in [0.15, 0.2) is 59.5 Å². The van der Waals surface area contributed by atoms with Crippen LogP contribution in [0.2, 0.25) is 10.0 Å². The molecule has 0 aliphatic carbocycles. The Morgan fingerprint density at radius 3 is 2.42 bits per heavy atom. The number of benzene rings is 2. The summed E-state index contributed by atoms with van der Waals surface area (Å²) in [6.07, 6.45) is 3.51. The molecular weight excluding hydrogens is 376 g/mol. The quantitative estimate of drug-likeness (QED) is 0.436. The molecule has 0 atom stereocenters. The predicted molar refractivity (Wildman–Crippen MR) is 99.2 cm³/mol. The number of imidazole rings is 1. The van der Waals surface area contributed by atoms with Crippen molar-refractivity contribution in [3.63, 3.8) is 0 Å². The van der Waals surface area contributed by atoms with Gasteiger partial charge in [0, 0.05) is 27.5 Å². The molecule has 0 N–H and O–H groups in total. The lowest BCUT2D eigenvalue weighted by molar-refractivity contribution is 0.400. The first-order valence-electron chi connectivity index (χ1n) is 7.74. The van der Waals surface area contributed by atoms with Crippen LogP contribution in [0, 0.1) is 12.7 Å². The average Bonchev–Trinajstić information content (AvgIpc) is 3.21. The lowest BCUT2D eigenvalue weighted by atomic mass is 10.0. The third kappa shape index (κ3) is 3.11. The number of hydrogen-bond donors (Lipinski definition) is 0. The van der Waals surface area contributed by atoms with Gasteiger partial charge in [-0.05, 0) is 49.4 Å². The Bertz CT molecular complexity index is 1070. The van der Waals surface area contributed by atoms with E-state index in [0.29, 0.717) is 27.2 Å². The van der Waals surface area contributed by atoms with Crippen LogP contribution in [0.5, 0.6) is 0 Å². The van der Waals surface area contributed by atoms with Crippen LogP contribution in [0.25, 0.3) is 28.2 Å². The Morgan fingerprint density at radius 2 is 1.73 bits per heavy atom. The van der Waals surface area contributed by atoms with Crippen LogP contribution in [0.4, 0.5) is 4.39 Å². The van der Waals surface area contributed by atoms with Crippen molar-refractivity contribution in [2.24, 2.45) is 0 Å².